The van der Waals surface area contributed by atoms with Crippen LogP contribution in [0.5, 0.6) is 0 Å². The van der Waals surface area contributed by atoms with E-state index >= 15 is 0 Å². The van der Waals surface area contributed by atoms with Crippen molar-refractivity contribution < 1.29 is 27.9 Å². The molecule has 0 bridgehead atoms. The van der Waals surface area contributed by atoms with Gasteiger partial charge in [-0.2, -0.15) is 13.2 Å². The van der Waals surface area contributed by atoms with Crippen LogP contribution < -0.4 is 5.32 Å². The van der Waals surface area contributed by atoms with Crippen molar-refractivity contribution in [1.82, 2.24) is 5.32 Å². The van der Waals surface area contributed by atoms with Gasteiger partial charge in [0.25, 0.3) is 0 Å². The summed E-state index contributed by atoms with van der Waals surface area (Å²) in [6.07, 6.45) is -4.06. The van der Waals surface area contributed by atoms with Crippen molar-refractivity contribution in [2.75, 3.05) is 0 Å². The quantitative estimate of drug-likeness (QED) is 0.890. The monoisotopic (exact) mass is 287 g/mol. The second-order valence-corrected chi connectivity index (χ2v) is 4.81. The first kappa shape index (κ1) is 14.4. The Morgan fingerprint density at radius 2 is 1.95 bits per heavy atom. The van der Waals surface area contributed by atoms with Crippen molar-refractivity contribution in [2.24, 2.45) is 0 Å². The number of alkyl halides is 3. The smallest absolute Gasteiger partial charge is 0.416 e. The van der Waals surface area contributed by atoms with Gasteiger partial charge in [0, 0.05) is 0 Å². The Bertz CT molecular complexity index is 550. The van der Waals surface area contributed by atoms with Crippen molar-refractivity contribution in [3.63, 3.8) is 0 Å². The van der Waals surface area contributed by atoms with E-state index in [4.69, 9.17) is 5.11 Å². The summed E-state index contributed by atoms with van der Waals surface area (Å²) in [5.41, 5.74) is -1.86. The first-order valence-electron chi connectivity index (χ1n) is 5.93. The summed E-state index contributed by atoms with van der Waals surface area (Å²) in [6.45, 7) is 0. The first-order valence-corrected chi connectivity index (χ1v) is 5.93. The number of carbonyl (C=O) groups is 2. The van der Waals surface area contributed by atoms with E-state index in [0.29, 0.717) is 12.8 Å². The molecule has 0 atom stereocenters. The number of carbonyl (C=O) groups excluding carboxylic acids is 1. The van der Waals surface area contributed by atoms with Gasteiger partial charge in [-0.05, 0) is 24.5 Å². The van der Waals surface area contributed by atoms with Gasteiger partial charge in [0.1, 0.15) is 5.54 Å². The zero-order valence-electron chi connectivity index (χ0n) is 10.3. The highest BCUT2D eigenvalue weighted by Crippen LogP contribution is 2.35. The van der Waals surface area contributed by atoms with E-state index in [1.165, 1.54) is 12.1 Å². The first-order chi connectivity index (χ1) is 9.23. The fourth-order valence-electron chi connectivity index (χ4n) is 1.87. The third-order valence-electron chi connectivity index (χ3n) is 3.16. The van der Waals surface area contributed by atoms with Gasteiger partial charge in [0.2, 0.25) is 5.91 Å². The molecule has 1 aliphatic carbocycles. The van der Waals surface area contributed by atoms with Gasteiger partial charge >= 0.3 is 12.1 Å². The lowest BCUT2D eigenvalue weighted by atomic mass is 10.1. The summed E-state index contributed by atoms with van der Waals surface area (Å²) in [4.78, 5) is 22.6. The zero-order valence-corrected chi connectivity index (χ0v) is 10.3. The van der Waals surface area contributed by atoms with E-state index in [2.05, 4.69) is 5.32 Å². The summed E-state index contributed by atoms with van der Waals surface area (Å²) in [5.74, 6) is -1.71. The number of hydrogen-bond acceptors (Lipinski definition) is 2. The van der Waals surface area contributed by atoms with Crippen LogP contribution in [0.25, 0.3) is 0 Å². The molecule has 1 amide bonds. The Morgan fingerprint density at radius 1 is 1.30 bits per heavy atom. The van der Waals surface area contributed by atoms with E-state index in [0.717, 1.165) is 12.1 Å². The largest absolute Gasteiger partial charge is 0.480 e. The number of amides is 1. The van der Waals surface area contributed by atoms with Crippen LogP contribution in [0.15, 0.2) is 24.3 Å². The molecular formula is C13H12F3NO3. The second-order valence-electron chi connectivity index (χ2n) is 4.81. The standard InChI is InChI=1S/C13H12F3NO3/c14-13(15,16)9-3-1-2-8(6-9)7-10(18)17-12(4-5-12)11(19)20/h1-3,6H,4-5,7H2,(H,17,18)(H,19,20). The summed E-state index contributed by atoms with van der Waals surface area (Å²) in [7, 11) is 0. The maximum Gasteiger partial charge on any atom is 0.416 e. The van der Waals surface area contributed by atoms with Crippen LogP contribution in [0.2, 0.25) is 0 Å². The van der Waals surface area contributed by atoms with Crippen LogP contribution in [0, 0.1) is 0 Å². The molecule has 4 nitrogen and oxygen atoms in total. The molecule has 1 fully saturated rings. The Labute approximate surface area is 112 Å². The predicted molar refractivity (Wildman–Crippen MR) is 62.9 cm³/mol. The van der Waals surface area contributed by atoms with Crippen LogP contribution >= 0.6 is 0 Å². The average Bonchev–Trinajstić information content (AvgIpc) is 3.09. The number of nitrogens with one attached hydrogen (secondary N) is 1. The van der Waals surface area contributed by atoms with Gasteiger partial charge in [-0.25, -0.2) is 4.79 Å². The van der Waals surface area contributed by atoms with Crippen molar-refractivity contribution >= 4 is 11.9 Å². The van der Waals surface area contributed by atoms with Crippen LogP contribution in [0.4, 0.5) is 13.2 Å². The number of rotatable bonds is 4. The molecule has 0 aromatic heterocycles. The van der Waals surface area contributed by atoms with Crippen molar-refractivity contribution in [1.29, 1.82) is 0 Å². The normalized spacial score (nSPS) is 16.6. The van der Waals surface area contributed by atoms with Crippen molar-refractivity contribution in [3.05, 3.63) is 35.4 Å². The lowest BCUT2D eigenvalue weighted by Gasteiger charge is -2.13. The maximum atomic E-state index is 12.5. The third-order valence-corrected chi connectivity index (χ3v) is 3.16. The Morgan fingerprint density at radius 3 is 2.45 bits per heavy atom. The minimum Gasteiger partial charge on any atom is -0.480 e. The molecule has 2 rings (SSSR count). The highest BCUT2D eigenvalue weighted by molar-refractivity contribution is 5.90. The van der Waals surface area contributed by atoms with E-state index in [-0.39, 0.29) is 12.0 Å². The van der Waals surface area contributed by atoms with Crippen molar-refractivity contribution in [2.45, 2.75) is 31.0 Å². The van der Waals surface area contributed by atoms with Crippen LogP contribution in [0.3, 0.4) is 0 Å². The molecule has 1 aromatic carbocycles. The van der Waals surface area contributed by atoms with Crippen LogP contribution in [-0.2, 0) is 22.2 Å². The number of carboxylic acids is 1. The lowest BCUT2D eigenvalue weighted by molar-refractivity contribution is -0.143. The summed E-state index contributed by atoms with van der Waals surface area (Å²) >= 11 is 0. The molecule has 108 valence electrons. The van der Waals surface area contributed by atoms with Gasteiger partial charge < -0.3 is 10.4 Å². The predicted octanol–water partition coefficient (Wildman–Crippen LogP) is 1.98. The van der Waals surface area contributed by atoms with Gasteiger partial charge in [-0.15, -0.1) is 0 Å². The van der Waals surface area contributed by atoms with Crippen molar-refractivity contribution in [3.8, 4) is 0 Å². The molecule has 7 heteroatoms. The topological polar surface area (TPSA) is 66.4 Å². The molecule has 0 heterocycles. The SMILES string of the molecule is O=C(Cc1cccc(C(F)(F)F)c1)NC1(C(=O)O)CC1. The summed E-state index contributed by atoms with van der Waals surface area (Å²) in [5, 5.41) is 11.3. The van der Waals surface area contributed by atoms with Crippen LogP contribution in [0.1, 0.15) is 24.0 Å². The molecule has 0 spiro atoms. The number of aliphatic carboxylic acids is 1. The minimum absolute atomic E-state index is 0.193. The molecule has 0 saturated heterocycles. The highest BCUT2D eigenvalue weighted by atomic mass is 19.4. The highest BCUT2D eigenvalue weighted by Gasteiger charge is 2.51. The molecule has 0 radical (unpaired) electrons. The summed E-state index contributed by atoms with van der Waals surface area (Å²) in [6, 6.07) is 4.42. The van der Waals surface area contributed by atoms with E-state index < -0.39 is 29.2 Å². The molecule has 1 aromatic rings. The van der Waals surface area contributed by atoms with Gasteiger partial charge in [-0.3, -0.25) is 4.79 Å². The average molecular weight is 287 g/mol. The lowest BCUT2D eigenvalue weighted by Crippen LogP contribution is -2.43. The molecule has 1 saturated carbocycles. The Kier molecular flexibility index (Phi) is 3.45. The fraction of sp³-hybridized carbons (Fsp3) is 0.385. The number of hydrogen-bond donors (Lipinski definition) is 2. The molecule has 0 unspecified atom stereocenters. The molecule has 2 N–H and O–H groups in total. The molecule has 0 aliphatic heterocycles. The Hall–Kier alpha value is -2.05. The summed E-state index contributed by atoms with van der Waals surface area (Å²) < 4.78 is 37.5. The van der Waals surface area contributed by atoms with Gasteiger partial charge in [0.15, 0.2) is 0 Å². The fourth-order valence-corrected chi connectivity index (χ4v) is 1.87. The van der Waals surface area contributed by atoms with E-state index in [9.17, 15) is 22.8 Å². The maximum absolute atomic E-state index is 12.5. The third kappa shape index (κ3) is 3.09. The van der Waals surface area contributed by atoms with Gasteiger partial charge in [0.05, 0.1) is 12.0 Å². The molecule has 20 heavy (non-hydrogen) atoms. The van der Waals surface area contributed by atoms with E-state index in [1.54, 1.807) is 0 Å². The molecule has 1 aliphatic rings. The second kappa shape index (κ2) is 4.81. The Balaban J connectivity index is 2.04. The number of halogens is 3. The molecular weight excluding hydrogens is 275 g/mol. The van der Waals surface area contributed by atoms with E-state index in [1.807, 2.05) is 0 Å². The minimum atomic E-state index is -4.47. The van der Waals surface area contributed by atoms with Gasteiger partial charge in [-0.1, -0.05) is 18.2 Å². The zero-order chi connectivity index (χ0) is 15.0. The number of benzene rings is 1. The number of carboxylic acid groups (broad SMARTS) is 1. The van der Waals surface area contributed by atoms with Crippen LogP contribution in [-0.4, -0.2) is 22.5 Å².